The summed E-state index contributed by atoms with van der Waals surface area (Å²) in [5, 5.41) is 2.61. The Morgan fingerprint density at radius 3 is 2.42 bits per heavy atom. The maximum Gasteiger partial charge on any atom is 0.348 e. The molecule has 1 amide bonds. The molecule has 0 spiro atoms. The largest absolute Gasteiger partial charge is 0.451 e. The van der Waals surface area contributed by atoms with Gasteiger partial charge in [0.2, 0.25) is 0 Å². The molecule has 0 radical (unpaired) electrons. The third-order valence-electron chi connectivity index (χ3n) is 3.38. The second-order valence-corrected chi connectivity index (χ2v) is 6.69. The molecule has 1 heterocycles. The number of benzene rings is 1. The van der Waals surface area contributed by atoms with Crippen molar-refractivity contribution in [1.29, 1.82) is 0 Å². The van der Waals surface area contributed by atoms with E-state index in [9.17, 15) is 14.4 Å². The Morgan fingerprint density at radius 1 is 1.12 bits per heavy atom. The van der Waals surface area contributed by atoms with Gasteiger partial charge in [-0.15, -0.1) is 11.3 Å². The third-order valence-corrected chi connectivity index (χ3v) is 4.37. The van der Waals surface area contributed by atoms with Crippen LogP contribution in [-0.4, -0.2) is 30.3 Å². The van der Waals surface area contributed by atoms with Crippen molar-refractivity contribution in [2.45, 2.75) is 26.3 Å². The van der Waals surface area contributed by atoms with Gasteiger partial charge in [0.25, 0.3) is 5.91 Å². The van der Waals surface area contributed by atoms with Crippen LogP contribution in [0.2, 0.25) is 0 Å². The van der Waals surface area contributed by atoms with E-state index in [4.69, 9.17) is 4.74 Å². The average molecular weight is 345 g/mol. The van der Waals surface area contributed by atoms with Gasteiger partial charge in [0.05, 0.1) is 6.04 Å². The summed E-state index contributed by atoms with van der Waals surface area (Å²) in [4.78, 5) is 36.9. The monoisotopic (exact) mass is 345 g/mol. The molecule has 1 aromatic heterocycles. The van der Waals surface area contributed by atoms with Crippen LogP contribution < -0.4 is 5.32 Å². The lowest BCUT2D eigenvalue weighted by molar-refractivity contribution is -0.128. The zero-order valence-corrected chi connectivity index (χ0v) is 14.4. The molecule has 0 aliphatic carbocycles. The lowest BCUT2D eigenvalue weighted by Crippen LogP contribution is -2.43. The molecule has 1 aromatic carbocycles. The fourth-order valence-electron chi connectivity index (χ4n) is 2.13. The van der Waals surface area contributed by atoms with Crippen molar-refractivity contribution in [3.05, 3.63) is 57.8 Å². The molecule has 0 bridgehead atoms. The van der Waals surface area contributed by atoms with E-state index in [0.717, 1.165) is 10.4 Å². The Bertz CT molecular complexity index is 724. The molecule has 5 nitrogen and oxygen atoms in total. The maximum atomic E-state index is 12.0. The summed E-state index contributed by atoms with van der Waals surface area (Å²) in [5.41, 5.74) is 0.948. The molecule has 126 valence electrons. The number of carbonyl (C=O) groups excluding carboxylic acids is 3. The minimum atomic E-state index is -0.636. The molecular formula is C18H19NO4S. The standard InChI is InChI=1S/C18H19NO4S/c1-12-8-9-16(24-12)18(22)23-11-17(21)19-15(13(2)20)10-14-6-4-3-5-7-14/h3-9,15H,10-11H2,1-2H3,(H,19,21)/t15-/m0/s1. The molecule has 0 saturated heterocycles. The van der Waals surface area contributed by atoms with E-state index in [1.807, 2.05) is 43.3 Å². The van der Waals surface area contributed by atoms with Gasteiger partial charge in [-0.1, -0.05) is 30.3 Å². The first-order valence-electron chi connectivity index (χ1n) is 7.53. The second kappa shape index (κ2) is 8.40. The highest BCUT2D eigenvalue weighted by molar-refractivity contribution is 7.13. The first kappa shape index (κ1) is 17.9. The number of amides is 1. The van der Waals surface area contributed by atoms with Gasteiger partial charge in [0.1, 0.15) is 4.88 Å². The number of aryl methyl sites for hydroxylation is 1. The van der Waals surface area contributed by atoms with Crippen molar-refractivity contribution in [1.82, 2.24) is 5.32 Å². The zero-order valence-electron chi connectivity index (χ0n) is 13.6. The molecule has 0 unspecified atom stereocenters. The van der Waals surface area contributed by atoms with Gasteiger partial charge in [-0.2, -0.15) is 0 Å². The molecule has 24 heavy (non-hydrogen) atoms. The van der Waals surface area contributed by atoms with Gasteiger partial charge in [-0.3, -0.25) is 9.59 Å². The van der Waals surface area contributed by atoms with Crippen LogP contribution in [0.25, 0.3) is 0 Å². The highest BCUT2D eigenvalue weighted by Gasteiger charge is 2.19. The van der Waals surface area contributed by atoms with Crippen molar-refractivity contribution >= 4 is 29.0 Å². The lowest BCUT2D eigenvalue weighted by Gasteiger charge is -2.16. The van der Waals surface area contributed by atoms with E-state index in [1.54, 1.807) is 6.07 Å². The van der Waals surface area contributed by atoms with Crippen LogP contribution in [-0.2, 0) is 20.7 Å². The summed E-state index contributed by atoms with van der Waals surface area (Å²) in [7, 11) is 0. The minimum absolute atomic E-state index is 0.146. The highest BCUT2D eigenvalue weighted by atomic mass is 32.1. The molecule has 1 atom stereocenters. The van der Waals surface area contributed by atoms with Crippen molar-refractivity contribution in [2.75, 3.05) is 6.61 Å². The van der Waals surface area contributed by atoms with Crippen molar-refractivity contribution in [3.63, 3.8) is 0 Å². The fraction of sp³-hybridized carbons (Fsp3) is 0.278. The molecule has 0 fully saturated rings. The summed E-state index contributed by atoms with van der Waals surface area (Å²) in [6.45, 7) is 2.90. The molecule has 0 saturated carbocycles. The predicted octanol–water partition coefficient (Wildman–Crippen LogP) is 2.53. The number of esters is 1. The molecule has 2 aromatic rings. The van der Waals surface area contributed by atoms with Crippen molar-refractivity contribution in [3.8, 4) is 0 Å². The van der Waals surface area contributed by atoms with Crippen molar-refractivity contribution < 1.29 is 19.1 Å². The van der Waals surface area contributed by atoms with Crippen molar-refractivity contribution in [2.24, 2.45) is 0 Å². The van der Waals surface area contributed by atoms with E-state index in [1.165, 1.54) is 18.3 Å². The number of rotatable bonds is 7. The Labute approximate surface area is 144 Å². The van der Waals surface area contributed by atoms with Crippen LogP contribution in [0.1, 0.15) is 27.0 Å². The summed E-state index contributed by atoms with van der Waals surface area (Å²) >= 11 is 1.31. The van der Waals surface area contributed by atoms with E-state index >= 15 is 0 Å². The minimum Gasteiger partial charge on any atom is -0.451 e. The van der Waals surface area contributed by atoms with Crippen LogP contribution in [0, 0.1) is 6.92 Å². The number of hydrogen-bond acceptors (Lipinski definition) is 5. The number of Topliss-reactive ketones (excluding diaryl/α,β-unsaturated/α-hetero) is 1. The van der Waals surface area contributed by atoms with Gasteiger partial charge < -0.3 is 10.1 Å². The topological polar surface area (TPSA) is 72.5 Å². The Morgan fingerprint density at radius 2 is 1.83 bits per heavy atom. The fourth-order valence-corrected chi connectivity index (χ4v) is 2.89. The third kappa shape index (κ3) is 5.31. The number of thiophene rings is 1. The van der Waals surface area contributed by atoms with E-state index in [2.05, 4.69) is 5.32 Å². The van der Waals surface area contributed by atoms with Gasteiger partial charge in [-0.05, 0) is 38.0 Å². The molecule has 1 N–H and O–H groups in total. The highest BCUT2D eigenvalue weighted by Crippen LogP contribution is 2.15. The summed E-state index contributed by atoms with van der Waals surface area (Å²) < 4.78 is 4.98. The van der Waals surface area contributed by atoms with E-state index in [-0.39, 0.29) is 5.78 Å². The summed E-state index contributed by atoms with van der Waals surface area (Å²) in [6.07, 6.45) is 0.403. The van der Waals surface area contributed by atoms with Crippen LogP contribution in [0.15, 0.2) is 42.5 Å². The number of carbonyl (C=O) groups is 3. The van der Waals surface area contributed by atoms with Crippen LogP contribution in [0.5, 0.6) is 0 Å². The van der Waals surface area contributed by atoms with Gasteiger partial charge >= 0.3 is 5.97 Å². The van der Waals surface area contributed by atoms with Crippen LogP contribution in [0.3, 0.4) is 0 Å². The zero-order chi connectivity index (χ0) is 17.5. The Balaban J connectivity index is 1.86. The first-order chi connectivity index (χ1) is 11.5. The van der Waals surface area contributed by atoms with Gasteiger partial charge in [-0.25, -0.2) is 4.79 Å². The molecule has 0 aliphatic rings. The quantitative estimate of drug-likeness (QED) is 0.783. The maximum absolute atomic E-state index is 12.0. The van der Waals surface area contributed by atoms with Crippen LogP contribution >= 0.6 is 11.3 Å². The number of ether oxygens (including phenoxy) is 1. The molecule has 6 heteroatoms. The van der Waals surface area contributed by atoms with E-state index < -0.39 is 24.5 Å². The number of ketones is 1. The van der Waals surface area contributed by atoms with Crippen LogP contribution in [0.4, 0.5) is 0 Å². The average Bonchev–Trinajstić information content (AvgIpc) is 2.99. The second-order valence-electron chi connectivity index (χ2n) is 5.41. The normalized spacial score (nSPS) is 11.6. The first-order valence-corrected chi connectivity index (χ1v) is 8.34. The Hall–Kier alpha value is -2.47. The lowest BCUT2D eigenvalue weighted by atomic mass is 10.0. The SMILES string of the molecule is CC(=O)[C@H](Cc1ccccc1)NC(=O)COC(=O)c1ccc(C)s1. The number of hydrogen-bond donors (Lipinski definition) is 1. The van der Waals surface area contributed by atoms with E-state index in [0.29, 0.717) is 11.3 Å². The molecule has 2 rings (SSSR count). The smallest absolute Gasteiger partial charge is 0.348 e. The molecule has 0 aliphatic heterocycles. The number of nitrogens with one attached hydrogen (secondary N) is 1. The summed E-state index contributed by atoms with van der Waals surface area (Å²) in [5.74, 6) is -1.18. The van der Waals surface area contributed by atoms with Gasteiger partial charge in [0, 0.05) is 4.88 Å². The molecular weight excluding hydrogens is 326 g/mol. The Kier molecular flexibility index (Phi) is 6.26. The summed E-state index contributed by atoms with van der Waals surface area (Å²) in [6, 6.07) is 12.3. The predicted molar refractivity (Wildman–Crippen MR) is 92.1 cm³/mol. The van der Waals surface area contributed by atoms with Gasteiger partial charge in [0.15, 0.2) is 12.4 Å².